The maximum atomic E-state index is 12.4. The summed E-state index contributed by atoms with van der Waals surface area (Å²) in [6, 6.07) is 1.74. The topological polar surface area (TPSA) is 61.3 Å². The summed E-state index contributed by atoms with van der Waals surface area (Å²) < 4.78 is 22.9. The second kappa shape index (κ2) is 7.11. The van der Waals surface area contributed by atoms with Gasteiger partial charge in [0.15, 0.2) is 5.16 Å². The van der Waals surface area contributed by atoms with Crippen molar-refractivity contribution in [3.8, 4) is 0 Å². The van der Waals surface area contributed by atoms with Gasteiger partial charge in [-0.3, -0.25) is 4.57 Å². The van der Waals surface area contributed by atoms with E-state index in [-0.39, 0.29) is 4.99 Å². The van der Waals surface area contributed by atoms with Crippen LogP contribution < -0.4 is 0 Å². The smallest absolute Gasteiger partial charge is 0.308 e. The molecule has 1 atom stereocenters. The Bertz CT molecular complexity index is 367. The lowest BCUT2D eigenvalue weighted by Gasteiger charge is -2.22. The zero-order valence-electron chi connectivity index (χ0n) is 10.2. The molecule has 0 aromatic carbocycles. The van der Waals surface area contributed by atoms with Crippen LogP contribution in [-0.4, -0.2) is 28.2 Å². The van der Waals surface area contributed by atoms with Crippen LogP contribution in [0.1, 0.15) is 20.8 Å². The van der Waals surface area contributed by atoms with E-state index in [0.29, 0.717) is 18.4 Å². The lowest BCUT2D eigenvalue weighted by Crippen LogP contribution is -2.07. The van der Waals surface area contributed by atoms with Gasteiger partial charge in [-0.1, -0.05) is 11.8 Å². The second-order valence-electron chi connectivity index (χ2n) is 3.12. The van der Waals surface area contributed by atoms with E-state index >= 15 is 0 Å². The number of hydrogen-bond donors (Lipinski definition) is 0. The zero-order chi connectivity index (χ0) is 12.7. The molecule has 0 aliphatic carbocycles. The third-order valence-electron chi connectivity index (χ3n) is 1.88. The highest BCUT2D eigenvalue weighted by Gasteiger charge is 2.33. The van der Waals surface area contributed by atoms with Crippen molar-refractivity contribution in [1.82, 2.24) is 9.97 Å². The highest BCUT2D eigenvalue weighted by molar-refractivity contribution is 8.05. The van der Waals surface area contributed by atoms with Crippen molar-refractivity contribution in [2.24, 2.45) is 0 Å². The average molecular weight is 276 g/mol. The average Bonchev–Trinajstić information content (AvgIpc) is 2.31. The van der Waals surface area contributed by atoms with Gasteiger partial charge in [0.1, 0.15) is 4.99 Å². The fourth-order valence-electron chi connectivity index (χ4n) is 1.17. The number of nitrogens with zero attached hydrogens (tertiary/aromatic N) is 2. The molecular weight excluding hydrogens is 259 g/mol. The molecule has 0 radical (unpaired) electrons. The fourth-order valence-corrected chi connectivity index (χ4v) is 4.10. The van der Waals surface area contributed by atoms with Crippen molar-refractivity contribution in [2.45, 2.75) is 30.9 Å². The van der Waals surface area contributed by atoms with Crippen LogP contribution in [0.25, 0.3) is 0 Å². The minimum absolute atomic E-state index is 0.329. The Balaban J connectivity index is 2.72. The maximum Gasteiger partial charge on any atom is 0.343 e. The number of rotatable bonds is 7. The van der Waals surface area contributed by atoms with Crippen molar-refractivity contribution in [1.29, 1.82) is 0 Å². The molecule has 0 fully saturated rings. The van der Waals surface area contributed by atoms with Crippen LogP contribution >= 0.6 is 19.4 Å². The Labute approximate surface area is 106 Å². The van der Waals surface area contributed by atoms with Gasteiger partial charge in [-0.05, 0) is 26.8 Å². The van der Waals surface area contributed by atoms with E-state index in [1.165, 1.54) is 11.8 Å². The zero-order valence-corrected chi connectivity index (χ0v) is 11.9. The summed E-state index contributed by atoms with van der Waals surface area (Å²) >= 11 is 1.30. The molecular formula is C10H17N2O3PS. The third kappa shape index (κ3) is 4.39. The van der Waals surface area contributed by atoms with Gasteiger partial charge in [-0.25, -0.2) is 9.97 Å². The molecule has 0 bridgehead atoms. The molecule has 0 N–H and O–H groups in total. The summed E-state index contributed by atoms with van der Waals surface area (Å²) in [7, 11) is -3.09. The van der Waals surface area contributed by atoms with E-state index in [1.54, 1.807) is 39.2 Å². The van der Waals surface area contributed by atoms with Crippen molar-refractivity contribution in [3.63, 3.8) is 0 Å². The van der Waals surface area contributed by atoms with Crippen LogP contribution in [0, 0.1) is 0 Å². The summed E-state index contributed by atoms with van der Waals surface area (Å²) in [5.41, 5.74) is 0. The lowest BCUT2D eigenvalue weighted by molar-refractivity contribution is 0.219. The minimum Gasteiger partial charge on any atom is -0.308 e. The normalized spacial score (nSPS) is 13.6. The number of thioether (sulfide) groups is 1. The van der Waals surface area contributed by atoms with Gasteiger partial charge in [-0.15, -0.1) is 0 Å². The predicted octanol–water partition coefficient (Wildman–Crippen LogP) is 3.18. The Hall–Kier alpha value is -0.420. The molecule has 1 rings (SSSR count). The number of aromatic nitrogens is 2. The Kier molecular flexibility index (Phi) is 6.12. The number of hydrogen-bond acceptors (Lipinski definition) is 6. The van der Waals surface area contributed by atoms with Crippen molar-refractivity contribution in [2.75, 3.05) is 13.2 Å². The summed E-state index contributed by atoms with van der Waals surface area (Å²) in [5.74, 6) is 0. The van der Waals surface area contributed by atoms with E-state index in [9.17, 15) is 4.57 Å². The third-order valence-corrected chi connectivity index (χ3v) is 5.86. The van der Waals surface area contributed by atoms with E-state index in [0.717, 1.165) is 0 Å². The molecule has 1 aromatic rings. The van der Waals surface area contributed by atoms with Gasteiger partial charge in [0.05, 0.1) is 13.2 Å². The molecule has 0 aliphatic rings. The second-order valence-corrected chi connectivity index (χ2v) is 7.15. The van der Waals surface area contributed by atoms with Crippen LogP contribution in [0.15, 0.2) is 23.6 Å². The highest BCUT2D eigenvalue weighted by atomic mass is 32.2. The lowest BCUT2D eigenvalue weighted by atomic mass is 10.7. The first-order chi connectivity index (χ1) is 8.12. The monoisotopic (exact) mass is 276 g/mol. The first kappa shape index (κ1) is 14.6. The Morgan fingerprint density at radius 2 is 1.82 bits per heavy atom. The summed E-state index contributed by atoms with van der Waals surface area (Å²) in [4.78, 5) is 7.82. The van der Waals surface area contributed by atoms with E-state index < -0.39 is 7.60 Å². The molecule has 7 heteroatoms. The summed E-state index contributed by atoms with van der Waals surface area (Å²) in [6.45, 7) is 6.10. The molecule has 5 nitrogen and oxygen atoms in total. The Morgan fingerprint density at radius 1 is 1.29 bits per heavy atom. The molecule has 0 saturated heterocycles. The summed E-state index contributed by atoms with van der Waals surface area (Å²) in [5, 5.41) is 0.569. The SMILES string of the molecule is CCOP(=O)(OCC)C(C)Sc1ncccn1. The molecule has 1 aromatic heterocycles. The van der Waals surface area contributed by atoms with Crippen molar-refractivity contribution in [3.05, 3.63) is 18.5 Å². The van der Waals surface area contributed by atoms with E-state index in [2.05, 4.69) is 9.97 Å². The fraction of sp³-hybridized carbons (Fsp3) is 0.600. The molecule has 0 amide bonds. The largest absolute Gasteiger partial charge is 0.343 e. The molecule has 1 heterocycles. The van der Waals surface area contributed by atoms with Gasteiger partial charge in [0.25, 0.3) is 0 Å². The quantitative estimate of drug-likeness (QED) is 0.433. The predicted molar refractivity (Wildman–Crippen MR) is 68.2 cm³/mol. The molecule has 0 saturated carbocycles. The van der Waals surface area contributed by atoms with Gasteiger partial charge >= 0.3 is 7.60 Å². The Morgan fingerprint density at radius 3 is 2.29 bits per heavy atom. The van der Waals surface area contributed by atoms with Crippen LogP contribution in [-0.2, 0) is 13.6 Å². The molecule has 96 valence electrons. The van der Waals surface area contributed by atoms with Gasteiger partial charge < -0.3 is 9.05 Å². The van der Waals surface area contributed by atoms with Crippen molar-refractivity contribution < 1.29 is 13.6 Å². The highest BCUT2D eigenvalue weighted by Crippen LogP contribution is 2.57. The molecule has 0 spiro atoms. The van der Waals surface area contributed by atoms with Crippen LogP contribution in [0.2, 0.25) is 0 Å². The standard InChI is InChI=1S/C10H17N2O3PS/c1-4-14-16(13,15-5-2)9(3)17-10-11-7-6-8-12-10/h6-9H,4-5H2,1-3H3. The molecule has 1 unspecified atom stereocenters. The minimum atomic E-state index is -3.09. The van der Waals surface area contributed by atoms with Crippen LogP contribution in [0.3, 0.4) is 0 Å². The van der Waals surface area contributed by atoms with Gasteiger partial charge in [0.2, 0.25) is 0 Å². The van der Waals surface area contributed by atoms with Crippen LogP contribution in [0.4, 0.5) is 0 Å². The first-order valence-electron chi connectivity index (χ1n) is 5.44. The van der Waals surface area contributed by atoms with Crippen LogP contribution in [0.5, 0.6) is 0 Å². The van der Waals surface area contributed by atoms with Gasteiger partial charge in [0, 0.05) is 12.4 Å². The van der Waals surface area contributed by atoms with E-state index in [4.69, 9.17) is 9.05 Å². The molecule has 0 aliphatic heterocycles. The van der Waals surface area contributed by atoms with Gasteiger partial charge in [-0.2, -0.15) is 0 Å². The molecule has 17 heavy (non-hydrogen) atoms. The van der Waals surface area contributed by atoms with Crippen molar-refractivity contribution >= 4 is 19.4 Å². The first-order valence-corrected chi connectivity index (χ1v) is 7.94. The summed E-state index contributed by atoms with van der Waals surface area (Å²) in [6.07, 6.45) is 3.29. The van der Waals surface area contributed by atoms with E-state index in [1.807, 2.05) is 0 Å². The maximum absolute atomic E-state index is 12.4.